The molecule has 0 saturated carbocycles. The topological polar surface area (TPSA) is 93.2 Å². The van der Waals surface area contributed by atoms with E-state index in [0.717, 1.165) is 25.1 Å². The first-order valence-corrected chi connectivity index (χ1v) is 8.25. The van der Waals surface area contributed by atoms with Crippen molar-refractivity contribution in [2.24, 2.45) is 0 Å². The van der Waals surface area contributed by atoms with Crippen LogP contribution in [-0.4, -0.2) is 41.0 Å². The first-order chi connectivity index (χ1) is 12.2. The highest BCUT2D eigenvalue weighted by atomic mass is 16.5. The summed E-state index contributed by atoms with van der Waals surface area (Å²) >= 11 is 0. The summed E-state index contributed by atoms with van der Waals surface area (Å²) in [6, 6.07) is 7.03. The number of amides is 2. The van der Waals surface area contributed by atoms with E-state index in [9.17, 15) is 9.59 Å². The Bertz CT molecular complexity index is 730. The fourth-order valence-corrected chi connectivity index (χ4v) is 2.58. The number of ether oxygens (including phenoxy) is 1. The van der Waals surface area contributed by atoms with Crippen LogP contribution in [-0.2, 0) is 11.3 Å². The van der Waals surface area contributed by atoms with Crippen molar-refractivity contribution in [1.82, 2.24) is 20.6 Å². The van der Waals surface area contributed by atoms with E-state index in [2.05, 4.69) is 20.6 Å². The molecule has 0 radical (unpaired) electrons. The molecule has 25 heavy (non-hydrogen) atoms. The zero-order valence-corrected chi connectivity index (χ0v) is 13.8. The molecule has 2 amide bonds. The fourth-order valence-electron chi connectivity index (χ4n) is 2.58. The van der Waals surface area contributed by atoms with Gasteiger partial charge in [0.15, 0.2) is 0 Å². The maximum atomic E-state index is 12.2. The molecule has 1 unspecified atom stereocenters. The van der Waals surface area contributed by atoms with Crippen molar-refractivity contribution in [3.8, 4) is 0 Å². The molecule has 1 aliphatic rings. The van der Waals surface area contributed by atoms with Gasteiger partial charge in [-0.3, -0.25) is 19.6 Å². The number of carbonyl (C=O) groups is 2. The van der Waals surface area contributed by atoms with E-state index in [4.69, 9.17) is 4.74 Å². The van der Waals surface area contributed by atoms with Gasteiger partial charge in [0.1, 0.15) is 0 Å². The zero-order chi connectivity index (χ0) is 17.5. The standard InChI is InChI=1S/C18H20N4O3/c23-17(21-11-15-4-1-2-6-20-15)13-8-14(10-19-9-13)18(24)22-12-16-5-3-7-25-16/h1-2,4,6,8-10,16H,3,5,7,11-12H2,(H,21,23)(H,22,24). The number of nitrogens with one attached hydrogen (secondary N) is 2. The number of pyridine rings is 2. The monoisotopic (exact) mass is 340 g/mol. The van der Waals surface area contributed by atoms with Crippen LogP contribution in [0.25, 0.3) is 0 Å². The highest BCUT2D eigenvalue weighted by Crippen LogP contribution is 2.11. The van der Waals surface area contributed by atoms with Crippen molar-refractivity contribution >= 4 is 11.8 Å². The van der Waals surface area contributed by atoms with Crippen LogP contribution in [0.15, 0.2) is 42.9 Å². The molecule has 0 aromatic carbocycles. The van der Waals surface area contributed by atoms with Crippen LogP contribution in [0.1, 0.15) is 39.3 Å². The number of aromatic nitrogens is 2. The van der Waals surface area contributed by atoms with Gasteiger partial charge in [-0.1, -0.05) is 6.07 Å². The molecule has 2 aromatic rings. The summed E-state index contributed by atoms with van der Waals surface area (Å²) < 4.78 is 5.47. The highest BCUT2D eigenvalue weighted by molar-refractivity contribution is 5.99. The Balaban J connectivity index is 1.56. The molecule has 0 bridgehead atoms. The van der Waals surface area contributed by atoms with E-state index in [1.807, 2.05) is 18.2 Å². The summed E-state index contributed by atoms with van der Waals surface area (Å²) in [5, 5.41) is 5.58. The second kappa shape index (κ2) is 8.34. The molecule has 7 nitrogen and oxygen atoms in total. The Kier molecular flexibility index (Phi) is 5.69. The van der Waals surface area contributed by atoms with Crippen molar-refractivity contribution in [1.29, 1.82) is 0 Å². The smallest absolute Gasteiger partial charge is 0.253 e. The van der Waals surface area contributed by atoms with E-state index in [-0.39, 0.29) is 17.9 Å². The lowest BCUT2D eigenvalue weighted by molar-refractivity contribution is 0.0857. The Morgan fingerprint density at radius 2 is 1.96 bits per heavy atom. The molecule has 1 saturated heterocycles. The molecule has 0 spiro atoms. The van der Waals surface area contributed by atoms with Gasteiger partial charge in [0, 0.05) is 31.7 Å². The summed E-state index contributed by atoms with van der Waals surface area (Å²) in [7, 11) is 0. The Labute approximate surface area is 145 Å². The maximum Gasteiger partial charge on any atom is 0.253 e. The van der Waals surface area contributed by atoms with Crippen molar-refractivity contribution in [3.05, 3.63) is 59.7 Å². The largest absolute Gasteiger partial charge is 0.376 e. The van der Waals surface area contributed by atoms with Crippen LogP contribution in [0.4, 0.5) is 0 Å². The maximum absolute atomic E-state index is 12.2. The Morgan fingerprint density at radius 3 is 2.64 bits per heavy atom. The third kappa shape index (κ3) is 4.84. The molecule has 1 atom stereocenters. The Hall–Kier alpha value is -2.80. The van der Waals surface area contributed by atoms with Gasteiger partial charge in [0.2, 0.25) is 0 Å². The van der Waals surface area contributed by atoms with Crippen molar-refractivity contribution in [2.75, 3.05) is 13.2 Å². The minimum Gasteiger partial charge on any atom is -0.376 e. The van der Waals surface area contributed by atoms with Gasteiger partial charge in [0.05, 0.1) is 29.5 Å². The van der Waals surface area contributed by atoms with Gasteiger partial charge in [-0.25, -0.2) is 0 Å². The number of carbonyl (C=O) groups excluding carboxylic acids is 2. The molecule has 3 rings (SSSR count). The summed E-state index contributed by atoms with van der Waals surface area (Å²) in [4.78, 5) is 32.6. The number of hydrogen-bond acceptors (Lipinski definition) is 5. The quantitative estimate of drug-likeness (QED) is 0.827. The predicted molar refractivity (Wildman–Crippen MR) is 91.0 cm³/mol. The minimum atomic E-state index is -0.299. The van der Waals surface area contributed by atoms with Gasteiger partial charge in [-0.2, -0.15) is 0 Å². The lowest BCUT2D eigenvalue weighted by Crippen LogP contribution is -2.32. The molecule has 2 N–H and O–H groups in total. The van der Waals surface area contributed by atoms with Gasteiger partial charge in [0.25, 0.3) is 11.8 Å². The van der Waals surface area contributed by atoms with Gasteiger partial charge in [-0.05, 0) is 31.0 Å². The Morgan fingerprint density at radius 1 is 1.16 bits per heavy atom. The van der Waals surface area contributed by atoms with E-state index in [1.54, 1.807) is 6.20 Å². The van der Waals surface area contributed by atoms with Crippen molar-refractivity contribution in [3.63, 3.8) is 0 Å². The average molecular weight is 340 g/mol. The predicted octanol–water partition coefficient (Wildman–Crippen LogP) is 1.32. The number of rotatable bonds is 6. The van der Waals surface area contributed by atoms with Crippen LogP contribution in [0.5, 0.6) is 0 Å². The van der Waals surface area contributed by atoms with Crippen LogP contribution in [0, 0.1) is 0 Å². The molecule has 130 valence electrons. The normalized spacial score (nSPS) is 16.4. The molecular weight excluding hydrogens is 320 g/mol. The summed E-state index contributed by atoms with van der Waals surface area (Å²) in [6.07, 6.45) is 6.59. The highest BCUT2D eigenvalue weighted by Gasteiger charge is 2.17. The minimum absolute atomic E-state index is 0.0711. The summed E-state index contributed by atoms with van der Waals surface area (Å²) in [6.45, 7) is 1.53. The van der Waals surface area contributed by atoms with Crippen molar-refractivity contribution < 1.29 is 14.3 Å². The molecule has 2 aromatic heterocycles. The lowest BCUT2D eigenvalue weighted by atomic mass is 10.1. The third-order valence-corrected chi connectivity index (χ3v) is 3.93. The van der Waals surface area contributed by atoms with E-state index >= 15 is 0 Å². The van der Waals surface area contributed by atoms with Gasteiger partial charge < -0.3 is 15.4 Å². The average Bonchev–Trinajstić information content (AvgIpc) is 3.18. The van der Waals surface area contributed by atoms with Crippen LogP contribution >= 0.6 is 0 Å². The van der Waals surface area contributed by atoms with Gasteiger partial charge >= 0.3 is 0 Å². The molecular formula is C18H20N4O3. The molecule has 1 aliphatic heterocycles. The molecule has 3 heterocycles. The summed E-state index contributed by atoms with van der Waals surface area (Å²) in [5.41, 5.74) is 1.44. The van der Waals surface area contributed by atoms with Crippen LogP contribution in [0.3, 0.4) is 0 Å². The second-order valence-electron chi connectivity index (χ2n) is 5.81. The molecule has 0 aliphatic carbocycles. The van der Waals surface area contributed by atoms with E-state index < -0.39 is 0 Å². The van der Waals surface area contributed by atoms with Crippen LogP contribution < -0.4 is 10.6 Å². The van der Waals surface area contributed by atoms with Crippen LogP contribution in [0.2, 0.25) is 0 Å². The summed E-state index contributed by atoms with van der Waals surface area (Å²) in [5.74, 6) is -0.561. The SMILES string of the molecule is O=C(NCc1ccccn1)c1cncc(C(=O)NCC2CCCO2)c1. The van der Waals surface area contributed by atoms with E-state index in [1.165, 1.54) is 18.5 Å². The van der Waals surface area contributed by atoms with Crippen molar-refractivity contribution in [2.45, 2.75) is 25.5 Å². The molecule has 7 heteroatoms. The van der Waals surface area contributed by atoms with E-state index in [0.29, 0.717) is 24.2 Å². The fraction of sp³-hybridized carbons (Fsp3) is 0.333. The first kappa shape index (κ1) is 17.0. The molecule has 1 fully saturated rings. The zero-order valence-electron chi connectivity index (χ0n) is 13.8. The number of nitrogens with zero attached hydrogens (tertiary/aromatic N) is 2. The number of hydrogen-bond donors (Lipinski definition) is 2. The third-order valence-electron chi connectivity index (χ3n) is 3.93. The lowest BCUT2D eigenvalue weighted by Gasteiger charge is -2.11. The first-order valence-electron chi connectivity index (χ1n) is 8.25. The van der Waals surface area contributed by atoms with Gasteiger partial charge in [-0.15, -0.1) is 0 Å². The second-order valence-corrected chi connectivity index (χ2v) is 5.81.